The van der Waals surface area contributed by atoms with Crippen molar-refractivity contribution >= 4 is 52.3 Å². The van der Waals surface area contributed by atoms with Crippen molar-refractivity contribution in [3.8, 4) is 16.3 Å². The van der Waals surface area contributed by atoms with E-state index >= 15 is 0 Å². The van der Waals surface area contributed by atoms with E-state index in [1.165, 1.54) is 40.1 Å². The van der Waals surface area contributed by atoms with Crippen LogP contribution in [0, 0.1) is 5.82 Å². The van der Waals surface area contributed by atoms with Crippen LogP contribution in [0.2, 0.25) is 5.02 Å². The maximum Gasteiger partial charge on any atom is 0.242 e. The number of anilines is 1. The van der Waals surface area contributed by atoms with Gasteiger partial charge in [0.15, 0.2) is 0 Å². The monoisotopic (exact) mass is 582 g/mol. The van der Waals surface area contributed by atoms with Crippen LogP contribution in [0.25, 0.3) is 16.3 Å². The summed E-state index contributed by atoms with van der Waals surface area (Å²) in [6, 6.07) is 17.5. The minimum atomic E-state index is -0.336. The van der Waals surface area contributed by atoms with E-state index in [0.717, 1.165) is 16.0 Å². The van der Waals surface area contributed by atoms with Crippen molar-refractivity contribution in [1.82, 2.24) is 14.7 Å². The fraction of sp³-hybridized carbons (Fsp3) is 0.250. The number of halogens is 2. The molecule has 2 aromatic carbocycles. The van der Waals surface area contributed by atoms with Crippen molar-refractivity contribution in [2.24, 2.45) is 0 Å². The summed E-state index contributed by atoms with van der Waals surface area (Å²) in [4.78, 5) is 31.4. The van der Waals surface area contributed by atoms with Gasteiger partial charge in [0.25, 0.3) is 0 Å². The van der Waals surface area contributed by atoms with Gasteiger partial charge in [-0.1, -0.05) is 41.9 Å². The highest BCUT2D eigenvalue weighted by Gasteiger charge is 2.38. The van der Waals surface area contributed by atoms with Crippen LogP contribution in [0.5, 0.6) is 0 Å². The molecule has 2 aliphatic rings. The summed E-state index contributed by atoms with van der Waals surface area (Å²) in [7, 11) is 0. The molecular formula is C28H24ClFN4O3S2. The molecule has 2 aliphatic heterocycles. The molecule has 1 atom stereocenters. The average Bonchev–Trinajstić information content (AvgIpc) is 3.59. The molecular weight excluding hydrogens is 559 g/mol. The molecule has 2 amide bonds. The number of aromatic nitrogens is 2. The second kappa shape index (κ2) is 11.1. The number of amides is 2. The lowest BCUT2D eigenvalue weighted by Crippen LogP contribution is -2.48. The van der Waals surface area contributed by atoms with Crippen molar-refractivity contribution < 1.29 is 18.7 Å². The molecule has 0 aliphatic carbocycles. The Balaban J connectivity index is 1.58. The van der Waals surface area contributed by atoms with Crippen LogP contribution < -0.4 is 4.90 Å². The standard InChI is InChI=1S/C28H24ClFN4O3S2/c29-20-4-1-2-5-21(20)34-28-25(26(31-34)22-6-3-15-38-22)27(18-7-9-19(30)10-8-18)39-17-24(36)33(28)16-23(35)32-11-13-37-14-12-32/h1-10,15,27H,11-14,16-17H2/t27-/m0/s1. The average molecular weight is 583 g/mol. The Morgan fingerprint density at radius 3 is 2.56 bits per heavy atom. The van der Waals surface area contributed by atoms with E-state index in [4.69, 9.17) is 21.4 Å². The third-order valence-corrected chi connectivity index (χ3v) is 9.21. The second-order valence-corrected chi connectivity index (χ2v) is 11.6. The van der Waals surface area contributed by atoms with Gasteiger partial charge in [-0.05, 0) is 41.3 Å². The Hall–Kier alpha value is -3.18. The molecule has 6 rings (SSSR count). The number of fused-ring (bicyclic) bond motifs is 1. The van der Waals surface area contributed by atoms with E-state index in [-0.39, 0.29) is 35.2 Å². The number of rotatable bonds is 5. The zero-order chi connectivity index (χ0) is 26.9. The molecule has 0 radical (unpaired) electrons. The topological polar surface area (TPSA) is 67.7 Å². The molecule has 0 N–H and O–H groups in total. The first-order chi connectivity index (χ1) is 19.0. The highest BCUT2D eigenvalue weighted by Crippen LogP contribution is 2.49. The SMILES string of the molecule is O=C(CN1C(=O)CS[C@@H](c2ccc(F)cc2)c2c(-c3cccs3)nn(-c3ccccc3Cl)c21)N1CCOCC1. The van der Waals surface area contributed by atoms with E-state index < -0.39 is 0 Å². The van der Waals surface area contributed by atoms with E-state index in [9.17, 15) is 14.0 Å². The van der Waals surface area contributed by atoms with Crippen LogP contribution in [-0.2, 0) is 14.3 Å². The summed E-state index contributed by atoms with van der Waals surface area (Å²) >= 11 is 9.64. The van der Waals surface area contributed by atoms with Crippen molar-refractivity contribution in [3.63, 3.8) is 0 Å². The van der Waals surface area contributed by atoms with Crippen LogP contribution in [-0.4, -0.2) is 65.1 Å². The Morgan fingerprint density at radius 1 is 1.08 bits per heavy atom. The van der Waals surface area contributed by atoms with Gasteiger partial charge in [-0.15, -0.1) is 23.1 Å². The largest absolute Gasteiger partial charge is 0.378 e. The van der Waals surface area contributed by atoms with E-state index in [1.807, 2.05) is 35.7 Å². The first kappa shape index (κ1) is 26.1. The number of thiophene rings is 1. The van der Waals surface area contributed by atoms with Gasteiger partial charge in [-0.3, -0.25) is 14.5 Å². The van der Waals surface area contributed by atoms with Gasteiger partial charge in [-0.2, -0.15) is 5.10 Å². The van der Waals surface area contributed by atoms with Gasteiger partial charge in [0.2, 0.25) is 11.8 Å². The maximum atomic E-state index is 13.9. The summed E-state index contributed by atoms with van der Waals surface area (Å²) in [5, 5.41) is 7.12. The summed E-state index contributed by atoms with van der Waals surface area (Å²) in [6.45, 7) is 1.75. The number of para-hydroxylation sites is 1. The van der Waals surface area contributed by atoms with Gasteiger partial charge >= 0.3 is 0 Å². The smallest absolute Gasteiger partial charge is 0.242 e. The highest BCUT2D eigenvalue weighted by molar-refractivity contribution is 8.00. The first-order valence-electron chi connectivity index (χ1n) is 12.5. The Labute approximate surface area is 238 Å². The quantitative estimate of drug-likeness (QED) is 0.314. The lowest BCUT2D eigenvalue weighted by Gasteiger charge is -2.30. The molecule has 4 aromatic rings. The van der Waals surface area contributed by atoms with Crippen molar-refractivity contribution in [1.29, 1.82) is 0 Å². The Kier molecular flexibility index (Phi) is 7.44. The third kappa shape index (κ3) is 5.09. The van der Waals surface area contributed by atoms with Gasteiger partial charge in [-0.25, -0.2) is 9.07 Å². The van der Waals surface area contributed by atoms with Crippen LogP contribution in [0.1, 0.15) is 16.4 Å². The molecule has 7 nitrogen and oxygen atoms in total. The first-order valence-corrected chi connectivity index (χ1v) is 14.8. The zero-order valence-corrected chi connectivity index (χ0v) is 23.1. The normalized spacial score (nSPS) is 17.7. The van der Waals surface area contributed by atoms with Crippen molar-refractivity contribution in [2.45, 2.75) is 5.25 Å². The number of ether oxygens (including phenoxy) is 1. The van der Waals surface area contributed by atoms with Crippen LogP contribution in [0.3, 0.4) is 0 Å². The van der Waals surface area contributed by atoms with Gasteiger partial charge in [0.1, 0.15) is 23.9 Å². The van der Waals surface area contributed by atoms with E-state index in [2.05, 4.69) is 0 Å². The molecule has 0 bridgehead atoms. The number of carbonyl (C=O) groups excluding carboxylic acids is 2. The molecule has 4 heterocycles. The number of morpholine rings is 1. The summed E-state index contributed by atoms with van der Waals surface area (Å²) in [6.07, 6.45) is 0. The zero-order valence-electron chi connectivity index (χ0n) is 20.8. The van der Waals surface area contributed by atoms with Gasteiger partial charge in [0.05, 0.1) is 39.8 Å². The lowest BCUT2D eigenvalue weighted by molar-refractivity contribution is -0.134. The summed E-state index contributed by atoms with van der Waals surface area (Å²) in [5.41, 5.74) is 2.92. The van der Waals surface area contributed by atoms with E-state index in [1.54, 1.807) is 27.8 Å². The molecule has 0 spiro atoms. The van der Waals surface area contributed by atoms with Crippen LogP contribution in [0.4, 0.5) is 10.2 Å². The fourth-order valence-corrected chi connectivity index (χ4v) is 6.99. The van der Waals surface area contributed by atoms with Crippen molar-refractivity contribution in [3.05, 3.63) is 88.0 Å². The molecule has 11 heteroatoms. The predicted molar refractivity (Wildman–Crippen MR) is 152 cm³/mol. The molecule has 1 saturated heterocycles. The number of benzene rings is 2. The number of hydrogen-bond donors (Lipinski definition) is 0. The van der Waals surface area contributed by atoms with Gasteiger partial charge < -0.3 is 9.64 Å². The Morgan fingerprint density at radius 2 is 1.85 bits per heavy atom. The fourth-order valence-electron chi connectivity index (χ4n) is 4.85. The predicted octanol–water partition coefficient (Wildman–Crippen LogP) is 5.42. The summed E-state index contributed by atoms with van der Waals surface area (Å²) in [5.74, 6) is -0.0700. The Bertz CT molecular complexity index is 1500. The lowest BCUT2D eigenvalue weighted by atomic mass is 10.0. The minimum Gasteiger partial charge on any atom is -0.378 e. The van der Waals surface area contributed by atoms with Crippen LogP contribution >= 0.6 is 34.7 Å². The van der Waals surface area contributed by atoms with Crippen molar-refractivity contribution in [2.75, 3.05) is 43.5 Å². The molecule has 2 aromatic heterocycles. The molecule has 200 valence electrons. The number of carbonyl (C=O) groups is 2. The number of nitrogens with zero attached hydrogens (tertiary/aromatic N) is 4. The summed E-state index contributed by atoms with van der Waals surface area (Å²) < 4.78 is 21.0. The molecule has 1 fully saturated rings. The highest BCUT2D eigenvalue weighted by atomic mass is 35.5. The second-order valence-electron chi connectivity index (χ2n) is 9.14. The number of hydrogen-bond acceptors (Lipinski definition) is 6. The van der Waals surface area contributed by atoms with E-state index in [0.29, 0.717) is 48.5 Å². The van der Waals surface area contributed by atoms with Crippen LogP contribution in [0.15, 0.2) is 66.0 Å². The molecule has 0 unspecified atom stereocenters. The third-order valence-electron chi connectivity index (χ3n) is 6.75. The molecule has 39 heavy (non-hydrogen) atoms. The van der Waals surface area contributed by atoms with Gasteiger partial charge in [0, 0.05) is 18.7 Å². The minimum absolute atomic E-state index is 0.136. The maximum absolute atomic E-state index is 13.9. The number of thioether (sulfide) groups is 1. The molecule has 0 saturated carbocycles.